The second kappa shape index (κ2) is 7.67. The Labute approximate surface area is 95.0 Å². The summed E-state index contributed by atoms with van der Waals surface area (Å²) in [6, 6.07) is 0. The maximum atomic E-state index is 11.6. The predicted octanol–water partition coefficient (Wildman–Crippen LogP) is 4.52. The van der Waals surface area contributed by atoms with Gasteiger partial charge in [-0.05, 0) is 19.3 Å². The Kier molecular flexibility index (Phi) is 7.37. The topological polar surface area (TPSA) is 17.1 Å². The van der Waals surface area contributed by atoms with Crippen LogP contribution in [0, 0.1) is 5.41 Å². The predicted molar refractivity (Wildman–Crippen MR) is 67.0 cm³/mol. The maximum Gasteiger partial charge on any atom is 0.138 e. The van der Waals surface area contributed by atoms with E-state index in [1.807, 2.05) is 26.8 Å². The lowest BCUT2D eigenvalue weighted by molar-refractivity contribution is -0.126. The largest absolute Gasteiger partial charge is 0.299 e. The molecule has 0 aliphatic carbocycles. The highest BCUT2D eigenvalue weighted by Crippen LogP contribution is 2.19. The van der Waals surface area contributed by atoms with E-state index in [9.17, 15) is 4.79 Å². The smallest absolute Gasteiger partial charge is 0.138 e. The van der Waals surface area contributed by atoms with Crippen molar-refractivity contribution in [1.82, 2.24) is 0 Å². The van der Waals surface area contributed by atoms with Gasteiger partial charge in [0.25, 0.3) is 0 Å². The van der Waals surface area contributed by atoms with Gasteiger partial charge >= 0.3 is 0 Å². The van der Waals surface area contributed by atoms with Gasteiger partial charge < -0.3 is 0 Å². The van der Waals surface area contributed by atoms with Crippen LogP contribution in [0.15, 0.2) is 12.7 Å². The zero-order valence-electron chi connectivity index (χ0n) is 10.6. The summed E-state index contributed by atoms with van der Waals surface area (Å²) in [7, 11) is 0. The molecule has 0 saturated heterocycles. The summed E-state index contributed by atoms with van der Waals surface area (Å²) in [6.07, 6.45) is 9.88. The summed E-state index contributed by atoms with van der Waals surface area (Å²) < 4.78 is 0. The quantitative estimate of drug-likeness (QED) is 0.425. The lowest BCUT2D eigenvalue weighted by Crippen LogP contribution is -2.19. The molecule has 0 fully saturated rings. The number of rotatable bonds is 8. The van der Waals surface area contributed by atoms with E-state index in [1.165, 1.54) is 25.7 Å². The molecule has 0 amide bonds. The van der Waals surface area contributed by atoms with Gasteiger partial charge in [-0.2, -0.15) is 0 Å². The summed E-state index contributed by atoms with van der Waals surface area (Å²) >= 11 is 0. The molecular weight excluding hydrogens is 184 g/mol. The van der Waals surface area contributed by atoms with Crippen LogP contribution in [0.25, 0.3) is 0 Å². The second-order valence-electron chi connectivity index (χ2n) is 5.27. The number of carbonyl (C=O) groups excluding carboxylic acids is 1. The average molecular weight is 210 g/mol. The fraction of sp³-hybridized carbons (Fsp3) is 0.786. The molecule has 0 saturated carbocycles. The zero-order chi connectivity index (χ0) is 11.7. The molecule has 0 unspecified atom stereocenters. The summed E-state index contributed by atoms with van der Waals surface area (Å²) in [5.74, 6) is 0.397. The molecular formula is C14H26O. The van der Waals surface area contributed by atoms with E-state index < -0.39 is 0 Å². The molecule has 0 atom stereocenters. The highest BCUT2D eigenvalue weighted by atomic mass is 16.1. The number of unbranched alkanes of at least 4 members (excludes halogenated alkanes) is 5. The third-order valence-electron chi connectivity index (χ3n) is 2.65. The zero-order valence-corrected chi connectivity index (χ0v) is 10.6. The molecule has 0 aliphatic heterocycles. The fourth-order valence-electron chi connectivity index (χ4n) is 1.48. The molecule has 0 heterocycles. The van der Waals surface area contributed by atoms with Crippen molar-refractivity contribution in [1.29, 1.82) is 0 Å². The Balaban J connectivity index is 3.32. The van der Waals surface area contributed by atoms with Crippen LogP contribution >= 0.6 is 0 Å². The van der Waals surface area contributed by atoms with Crippen molar-refractivity contribution >= 4 is 5.78 Å². The minimum absolute atomic E-state index is 0.150. The molecule has 1 nitrogen and oxygen atoms in total. The summed E-state index contributed by atoms with van der Waals surface area (Å²) in [6.45, 7) is 9.70. The van der Waals surface area contributed by atoms with Crippen molar-refractivity contribution in [2.45, 2.75) is 65.7 Å². The van der Waals surface area contributed by atoms with Gasteiger partial charge in [-0.15, -0.1) is 6.58 Å². The van der Waals surface area contributed by atoms with E-state index in [0.717, 1.165) is 19.3 Å². The van der Waals surface area contributed by atoms with E-state index in [1.54, 1.807) is 0 Å². The number of hydrogen-bond acceptors (Lipinski definition) is 1. The number of ketones is 1. The van der Waals surface area contributed by atoms with Crippen LogP contribution in [-0.2, 0) is 4.79 Å². The van der Waals surface area contributed by atoms with Gasteiger partial charge in [0.15, 0.2) is 0 Å². The third-order valence-corrected chi connectivity index (χ3v) is 2.65. The molecule has 0 bridgehead atoms. The van der Waals surface area contributed by atoms with Crippen molar-refractivity contribution in [3.8, 4) is 0 Å². The molecule has 0 aliphatic rings. The van der Waals surface area contributed by atoms with Crippen LogP contribution in [0.5, 0.6) is 0 Å². The monoisotopic (exact) mass is 210 g/mol. The van der Waals surface area contributed by atoms with E-state index >= 15 is 0 Å². The summed E-state index contributed by atoms with van der Waals surface area (Å²) in [4.78, 5) is 11.6. The Hall–Kier alpha value is -0.590. The minimum Gasteiger partial charge on any atom is -0.299 e. The molecule has 1 heteroatoms. The van der Waals surface area contributed by atoms with Crippen molar-refractivity contribution in [2.75, 3.05) is 0 Å². The van der Waals surface area contributed by atoms with E-state index in [-0.39, 0.29) is 5.41 Å². The van der Waals surface area contributed by atoms with Gasteiger partial charge in [-0.25, -0.2) is 0 Å². The normalized spacial score (nSPS) is 11.4. The first-order valence-electron chi connectivity index (χ1n) is 6.12. The Morgan fingerprint density at radius 3 is 2.13 bits per heavy atom. The average Bonchev–Trinajstić information content (AvgIpc) is 2.14. The highest BCUT2D eigenvalue weighted by Gasteiger charge is 2.19. The molecule has 15 heavy (non-hydrogen) atoms. The van der Waals surface area contributed by atoms with E-state index in [0.29, 0.717) is 5.78 Å². The number of allylic oxidation sites excluding steroid dienone is 1. The molecule has 0 aromatic rings. The lowest BCUT2D eigenvalue weighted by Gasteiger charge is -2.16. The van der Waals surface area contributed by atoms with Crippen molar-refractivity contribution < 1.29 is 4.79 Å². The molecule has 0 N–H and O–H groups in total. The molecule has 88 valence electrons. The Morgan fingerprint density at radius 1 is 1.07 bits per heavy atom. The Bertz CT molecular complexity index is 186. The van der Waals surface area contributed by atoms with Crippen LogP contribution in [-0.4, -0.2) is 5.78 Å². The van der Waals surface area contributed by atoms with Crippen molar-refractivity contribution in [3.63, 3.8) is 0 Å². The van der Waals surface area contributed by atoms with Crippen LogP contribution in [0.2, 0.25) is 0 Å². The van der Waals surface area contributed by atoms with Gasteiger partial charge in [0.2, 0.25) is 0 Å². The van der Waals surface area contributed by atoms with Crippen LogP contribution in [0.4, 0.5) is 0 Å². The summed E-state index contributed by atoms with van der Waals surface area (Å²) in [5.41, 5.74) is -0.150. The van der Waals surface area contributed by atoms with Gasteiger partial charge in [-0.1, -0.05) is 46.1 Å². The molecule has 0 radical (unpaired) electrons. The van der Waals surface area contributed by atoms with Crippen molar-refractivity contribution in [2.24, 2.45) is 5.41 Å². The maximum absolute atomic E-state index is 11.6. The SMILES string of the molecule is C=CCCCCCCCC(=O)C(C)(C)C. The number of carbonyl (C=O) groups is 1. The van der Waals surface area contributed by atoms with Gasteiger partial charge in [0, 0.05) is 11.8 Å². The van der Waals surface area contributed by atoms with Crippen LogP contribution < -0.4 is 0 Å². The summed E-state index contributed by atoms with van der Waals surface area (Å²) in [5, 5.41) is 0. The minimum atomic E-state index is -0.150. The highest BCUT2D eigenvalue weighted by molar-refractivity contribution is 5.83. The van der Waals surface area contributed by atoms with E-state index in [4.69, 9.17) is 0 Å². The van der Waals surface area contributed by atoms with Crippen LogP contribution in [0.3, 0.4) is 0 Å². The number of Topliss-reactive ketones (excluding diaryl/α,β-unsaturated/α-hetero) is 1. The van der Waals surface area contributed by atoms with Gasteiger partial charge in [-0.3, -0.25) is 4.79 Å². The van der Waals surface area contributed by atoms with Crippen molar-refractivity contribution in [3.05, 3.63) is 12.7 Å². The Morgan fingerprint density at radius 2 is 1.60 bits per heavy atom. The van der Waals surface area contributed by atoms with E-state index in [2.05, 4.69) is 6.58 Å². The number of hydrogen-bond donors (Lipinski definition) is 0. The second-order valence-corrected chi connectivity index (χ2v) is 5.27. The van der Waals surface area contributed by atoms with Gasteiger partial charge in [0.1, 0.15) is 5.78 Å². The van der Waals surface area contributed by atoms with Gasteiger partial charge in [0.05, 0.1) is 0 Å². The third kappa shape index (κ3) is 8.41. The first kappa shape index (κ1) is 14.4. The first-order chi connectivity index (χ1) is 6.98. The van der Waals surface area contributed by atoms with Crippen LogP contribution in [0.1, 0.15) is 65.7 Å². The molecule has 0 aromatic carbocycles. The molecule has 0 rings (SSSR count). The lowest BCUT2D eigenvalue weighted by atomic mass is 9.88. The molecule has 0 aromatic heterocycles. The molecule has 0 spiro atoms. The standard InChI is InChI=1S/C14H26O/c1-5-6-7-8-9-10-11-12-13(15)14(2,3)4/h5H,1,6-12H2,2-4H3. The fourth-order valence-corrected chi connectivity index (χ4v) is 1.48. The first-order valence-corrected chi connectivity index (χ1v) is 6.12.